The third-order valence-corrected chi connectivity index (χ3v) is 8.66. The highest BCUT2D eigenvalue weighted by atomic mass is 127. The van der Waals surface area contributed by atoms with E-state index in [2.05, 4.69) is 120 Å². The van der Waals surface area contributed by atoms with E-state index in [0.29, 0.717) is 16.7 Å². The summed E-state index contributed by atoms with van der Waals surface area (Å²) < 4.78 is 2.71. The second kappa shape index (κ2) is 4.87. The van der Waals surface area contributed by atoms with E-state index in [0.717, 1.165) is 5.92 Å². The average molecular weight is 538 g/mol. The van der Waals surface area contributed by atoms with E-state index < -0.39 is 0 Å². The van der Waals surface area contributed by atoms with Gasteiger partial charge in [0, 0.05) is 18.0 Å². The Bertz CT molecular complexity index is 881. The number of hydrogen-bond donors (Lipinski definition) is 0. The lowest BCUT2D eigenvalue weighted by Gasteiger charge is -2.48. The van der Waals surface area contributed by atoms with Gasteiger partial charge < -0.3 is 0 Å². The maximum Gasteiger partial charge on any atom is 0.0184 e. The van der Waals surface area contributed by atoms with Crippen LogP contribution in [0.3, 0.4) is 0 Å². The molecule has 2 heteroatoms. The zero-order valence-corrected chi connectivity index (χ0v) is 18.2. The lowest BCUT2D eigenvalue weighted by molar-refractivity contribution is 0.145. The van der Waals surface area contributed by atoms with Crippen molar-refractivity contribution < 1.29 is 0 Å². The third kappa shape index (κ3) is 1.49. The molecule has 122 valence electrons. The lowest BCUT2D eigenvalue weighted by atomic mass is 9.54. The minimum atomic E-state index is 0.267. The van der Waals surface area contributed by atoms with Crippen molar-refractivity contribution in [3.05, 3.63) is 79.0 Å². The van der Waals surface area contributed by atoms with Crippen LogP contribution in [-0.2, 0) is 10.8 Å². The van der Waals surface area contributed by atoms with Crippen molar-refractivity contribution in [2.75, 3.05) is 0 Å². The highest BCUT2D eigenvalue weighted by Crippen LogP contribution is 2.94. The molecule has 2 saturated carbocycles. The molecular weight excluding hydrogens is 518 g/mol. The zero-order chi connectivity index (χ0) is 16.7. The Balaban J connectivity index is 1.78. The largest absolute Gasteiger partial charge is 0.0879 e. The van der Waals surface area contributed by atoms with E-state index in [1.807, 2.05) is 0 Å². The Kier molecular flexibility index (Phi) is 3.22. The monoisotopic (exact) mass is 538 g/mol. The number of hydrogen-bond acceptors (Lipinski definition) is 0. The average Bonchev–Trinajstić information content (AvgIpc) is 2.77. The Morgan fingerprint density at radius 1 is 0.875 bits per heavy atom. The molecule has 24 heavy (non-hydrogen) atoms. The Morgan fingerprint density at radius 2 is 1.46 bits per heavy atom. The van der Waals surface area contributed by atoms with Crippen molar-refractivity contribution in [2.24, 2.45) is 17.3 Å². The quantitative estimate of drug-likeness (QED) is 0.311. The fourth-order valence-electron chi connectivity index (χ4n) is 6.88. The first-order valence-corrected chi connectivity index (χ1v) is 10.8. The van der Waals surface area contributed by atoms with Gasteiger partial charge in [0.05, 0.1) is 0 Å². The molecule has 0 radical (unpaired) electrons. The first kappa shape index (κ1) is 15.9. The van der Waals surface area contributed by atoms with Gasteiger partial charge in [-0.25, -0.2) is 0 Å². The molecule has 0 unspecified atom stereocenters. The van der Waals surface area contributed by atoms with Crippen LogP contribution in [0.5, 0.6) is 0 Å². The van der Waals surface area contributed by atoms with Crippen LogP contribution in [-0.4, -0.2) is 0 Å². The fraction of sp³-hybridized carbons (Fsp3) is 0.364. The summed E-state index contributed by atoms with van der Waals surface area (Å²) in [6.45, 7) is 5.03. The molecule has 0 saturated heterocycles. The van der Waals surface area contributed by atoms with Crippen LogP contribution in [0.1, 0.15) is 31.4 Å². The Morgan fingerprint density at radius 3 is 2.04 bits per heavy atom. The Hall–Kier alpha value is -0.360. The molecular formula is C22H20I2. The van der Waals surface area contributed by atoms with Crippen molar-refractivity contribution in [3.8, 4) is 0 Å². The molecule has 0 bridgehead atoms. The first-order valence-electron chi connectivity index (χ1n) is 8.66. The van der Waals surface area contributed by atoms with Gasteiger partial charge in [0.2, 0.25) is 0 Å². The summed E-state index contributed by atoms with van der Waals surface area (Å²) in [4.78, 5) is 0. The van der Waals surface area contributed by atoms with E-state index in [1.54, 1.807) is 11.1 Å². The van der Waals surface area contributed by atoms with Crippen molar-refractivity contribution in [1.29, 1.82) is 0 Å². The second-order valence-electron chi connectivity index (χ2n) is 8.06. The SMILES string of the molecule is CC1(C)[C@]2(c3cccc(I)c3)[C@H]3C=CC[C@H]3[C@]12c1cccc(I)c1. The summed E-state index contributed by atoms with van der Waals surface area (Å²) in [6, 6.07) is 18.5. The van der Waals surface area contributed by atoms with Gasteiger partial charge in [0.15, 0.2) is 0 Å². The molecule has 2 aromatic rings. The van der Waals surface area contributed by atoms with Gasteiger partial charge in [0.25, 0.3) is 0 Å². The third-order valence-electron chi connectivity index (χ3n) is 7.31. The summed E-state index contributed by atoms with van der Waals surface area (Å²) in [5.41, 5.74) is 3.96. The van der Waals surface area contributed by atoms with Crippen LogP contribution < -0.4 is 0 Å². The number of benzene rings is 2. The van der Waals surface area contributed by atoms with Crippen LogP contribution in [0, 0.1) is 24.4 Å². The van der Waals surface area contributed by atoms with Gasteiger partial charge in [-0.05, 0) is 104 Å². The predicted molar refractivity (Wildman–Crippen MR) is 116 cm³/mol. The standard InChI is InChI=1S/C22H20I2/c1-20(2)21(14-6-3-8-16(23)12-14)18-10-5-11-19(18)22(20,21)15-7-4-9-17(24)13-15/h3-10,12-13,18-19H,11H2,1-2H3/t18-,19+,21-,22+/m0/s1. The summed E-state index contributed by atoms with van der Waals surface area (Å²) in [7, 11) is 0. The van der Waals surface area contributed by atoms with Crippen molar-refractivity contribution in [1.82, 2.24) is 0 Å². The van der Waals surface area contributed by atoms with E-state index in [4.69, 9.17) is 0 Å². The number of rotatable bonds is 2. The topological polar surface area (TPSA) is 0 Å². The Labute approximate surface area is 171 Å². The molecule has 3 aliphatic rings. The molecule has 0 heterocycles. The first-order chi connectivity index (χ1) is 11.5. The van der Waals surface area contributed by atoms with Crippen LogP contribution in [0.2, 0.25) is 0 Å². The van der Waals surface area contributed by atoms with Crippen molar-refractivity contribution in [3.63, 3.8) is 0 Å². The fourth-order valence-corrected chi connectivity index (χ4v) is 7.96. The molecule has 5 rings (SSSR count). The molecule has 2 fully saturated rings. The molecule has 2 aromatic carbocycles. The molecule has 0 spiro atoms. The van der Waals surface area contributed by atoms with E-state index in [1.165, 1.54) is 13.6 Å². The van der Waals surface area contributed by atoms with Crippen LogP contribution in [0.15, 0.2) is 60.7 Å². The highest BCUT2D eigenvalue weighted by molar-refractivity contribution is 14.1. The minimum absolute atomic E-state index is 0.267. The normalized spacial score (nSPS) is 37.5. The summed E-state index contributed by atoms with van der Waals surface area (Å²) in [5.74, 6) is 1.46. The van der Waals surface area contributed by atoms with E-state index >= 15 is 0 Å². The number of allylic oxidation sites excluding steroid dienone is 2. The molecule has 0 N–H and O–H groups in total. The highest BCUT2D eigenvalue weighted by Gasteiger charge is 2.95. The molecule has 0 nitrogen and oxygen atoms in total. The molecule has 4 atom stereocenters. The van der Waals surface area contributed by atoms with Crippen molar-refractivity contribution in [2.45, 2.75) is 31.1 Å². The lowest BCUT2D eigenvalue weighted by Crippen LogP contribution is -2.49. The molecule has 0 amide bonds. The van der Waals surface area contributed by atoms with Crippen LogP contribution >= 0.6 is 45.2 Å². The minimum Gasteiger partial charge on any atom is -0.0879 e. The maximum atomic E-state index is 2.52. The van der Waals surface area contributed by atoms with Crippen molar-refractivity contribution >= 4 is 45.2 Å². The smallest absolute Gasteiger partial charge is 0.0184 e. The van der Waals surface area contributed by atoms with Gasteiger partial charge in [-0.2, -0.15) is 0 Å². The molecule has 3 aliphatic carbocycles. The molecule has 0 aliphatic heterocycles. The number of fused-ring (bicyclic) bond motifs is 4. The maximum absolute atomic E-state index is 2.52. The van der Waals surface area contributed by atoms with Crippen LogP contribution in [0.4, 0.5) is 0 Å². The predicted octanol–water partition coefficient (Wildman–Crippen LogP) is 6.32. The zero-order valence-electron chi connectivity index (χ0n) is 13.9. The van der Waals surface area contributed by atoms with E-state index in [-0.39, 0.29) is 5.41 Å². The van der Waals surface area contributed by atoms with Crippen LogP contribution in [0.25, 0.3) is 0 Å². The summed E-state index contributed by atoms with van der Waals surface area (Å²) >= 11 is 4.93. The van der Waals surface area contributed by atoms with E-state index in [9.17, 15) is 0 Å². The van der Waals surface area contributed by atoms with Gasteiger partial charge in [-0.1, -0.05) is 50.3 Å². The van der Waals surface area contributed by atoms with Gasteiger partial charge >= 0.3 is 0 Å². The number of halogens is 2. The van der Waals surface area contributed by atoms with Gasteiger partial charge in [-0.3, -0.25) is 0 Å². The van der Waals surface area contributed by atoms with Gasteiger partial charge in [-0.15, -0.1) is 0 Å². The summed E-state index contributed by atoms with van der Waals surface area (Å²) in [5, 5.41) is 0. The van der Waals surface area contributed by atoms with Gasteiger partial charge in [0.1, 0.15) is 0 Å². The molecule has 0 aromatic heterocycles. The second-order valence-corrected chi connectivity index (χ2v) is 10.5. The summed E-state index contributed by atoms with van der Waals surface area (Å²) in [6.07, 6.45) is 6.19.